The number of aryl methyl sites for hydroxylation is 1. The lowest BCUT2D eigenvalue weighted by Crippen LogP contribution is -2.32. The Morgan fingerprint density at radius 2 is 1.89 bits per heavy atom. The normalized spacial score (nSPS) is 10.6. The van der Waals surface area contributed by atoms with Crippen LogP contribution in [-0.2, 0) is 17.8 Å². The van der Waals surface area contributed by atoms with Gasteiger partial charge in [0.15, 0.2) is 0 Å². The molecule has 4 nitrogen and oxygen atoms in total. The molecule has 3 rings (SSSR count). The monoisotopic (exact) mass is 364 g/mol. The Balaban J connectivity index is 1.77. The summed E-state index contributed by atoms with van der Waals surface area (Å²) in [5.74, 6) is 0.601. The Labute approximate surface area is 158 Å². The van der Waals surface area contributed by atoms with Crippen LogP contribution in [0.1, 0.15) is 17.0 Å². The number of carbonyl (C=O) groups is 1. The van der Waals surface area contributed by atoms with Gasteiger partial charge in [0.2, 0.25) is 11.8 Å². The first-order chi connectivity index (χ1) is 13.1. The minimum Gasteiger partial charge on any atom is -0.441 e. The van der Waals surface area contributed by atoms with Gasteiger partial charge in [-0.2, -0.15) is 0 Å². The summed E-state index contributed by atoms with van der Waals surface area (Å²) in [7, 11) is 0. The van der Waals surface area contributed by atoms with Crippen molar-refractivity contribution >= 4 is 5.91 Å². The average molecular weight is 364 g/mol. The van der Waals surface area contributed by atoms with Crippen LogP contribution in [0.25, 0.3) is 11.5 Å². The highest BCUT2D eigenvalue weighted by Crippen LogP contribution is 2.22. The summed E-state index contributed by atoms with van der Waals surface area (Å²) in [6.45, 7) is 5.99. The van der Waals surface area contributed by atoms with Crippen LogP contribution in [0.3, 0.4) is 0 Å². The molecule has 27 heavy (non-hydrogen) atoms. The highest BCUT2D eigenvalue weighted by Gasteiger charge is 2.19. The molecular formula is C22H21FN2O2. The lowest BCUT2D eigenvalue weighted by molar-refractivity contribution is -0.130. The van der Waals surface area contributed by atoms with E-state index in [9.17, 15) is 9.18 Å². The molecule has 0 fully saturated rings. The second-order valence-electron chi connectivity index (χ2n) is 6.22. The molecule has 138 valence electrons. The summed E-state index contributed by atoms with van der Waals surface area (Å²) in [5.41, 5.74) is 1.91. The predicted molar refractivity (Wildman–Crippen MR) is 102 cm³/mol. The molecule has 0 aliphatic carbocycles. The molecule has 0 spiro atoms. The third kappa shape index (κ3) is 4.50. The Morgan fingerprint density at radius 3 is 2.59 bits per heavy atom. The van der Waals surface area contributed by atoms with Crippen molar-refractivity contribution in [3.63, 3.8) is 0 Å². The number of halogens is 1. The molecule has 0 atom stereocenters. The summed E-state index contributed by atoms with van der Waals surface area (Å²) in [6, 6.07) is 16.0. The van der Waals surface area contributed by atoms with E-state index in [-0.39, 0.29) is 24.7 Å². The van der Waals surface area contributed by atoms with Gasteiger partial charge in [0, 0.05) is 24.2 Å². The number of benzene rings is 2. The third-order valence-corrected chi connectivity index (χ3v) is 4.25. The van der Waals surface area contributed by atoms with Crippen LogP contribution >= 0.6 is 0 Å². The van der Waals surface area contributed by atoms with E-state index in [1.807, 2.05) is 30.3 Å². The molecule has 3 aromatic rings. The molecule has 2 aromatic carbocycles. The van der Waals surface area contributed by atoms with Crippen molar-refractivity contribution in [1.82, 2.24) is 9.88 Å². The Bertz CT molecular complexity index is 934. The average Bonchev–Trinajstić information content (AvgIpc) is 3.04. The van der Waals surface area contributed by atoms with Gasteiger partial charge in [0.25, 0.3) is 0 Å². The van der Waals surface area contributed by atoms with Gasteiger partial charge in [-0.15, -0.1) is 6.58 Å². The largest absolute Gasteiger partial charge is 0.441 e. The number of aromatic nitrogens is 1. The van der Waals surface area contributed by atoms with Crippen LogP contribution in [0.2, 0.25) is 0 Å². The molecule has 0 aliphatic heterocycles. The maximum Gasteiger partial charge on any atom is 0.229 e. The van der Waals surface area contributed by atoms with Crippen LogP contribution < -0.4 is 0 Å². The Morgan fingerprint density at radius 1 is 1.19 bits per heavy atom. The zero-order valence-electron chi connectivity index (χ0n) is 15.2. The van der Waals surface area contributed by atoms with Crippen LogP contribution in [0.4, 0.5) is 4.39 Å². The zero-order chi connectivity index (χ0) is 19.2. The molecule has 0 saturated carbocycles. The molecule has 0 aliphatic rings. The molecule has 0 bridgehead atoms. The Kier molecular flexibility index (Phi) is 5.81. The molecule has 0 saturated heterocycles. The molecule has 1 amide bonds. The first-order valence-electron chi connectivity index (χ1n) is 8.72. The van der Waals surface area contributed by atoms with Gasteiger partial charge in [-0.05, 0) is 25.1 Å². The maximum atomic E-state index is 13.9. The van der Waals surface area contributed by atoms with Gasteiger partial charge in [-0.25, -0.2) is 9.37 Å². The first-order valence-corrected chi connectivity index (χ1v) is 8.72. The van der Waals surface area contributed by atoms with Crippen LogP contribution in [0.15, 0.2) is 71.7 Å². The van der Waals surface area contributed by atoms with Gasteiger partial charge < -0.3 is 9.32 Å². The van der Waals surface area contributed by atoms with Crippen molar-refractivity contribution in [3.05, 3.63) is 90.1 Å². The van der Waals surface area contributed by atoms with Gasteiger partial charge in [-0.3, -0.25) is 4.79 Å². The molecular weight excluding hydrogens is 343 g/mol. The standard InChI is InChI=1S/C22H21FN2O2/c1-3-13-25(15-18-11-7-8-12-19(18)23)21(26)14-20-16(2)27-22(24-20)17-9-5-4-6-10-17/h3-12H,1,13-15H2,2H3. The summed E-state index contributed by atoms with van der Waals surface area (Å²) < 4.78 is 19.7. The second-order valence-corrected chi connectivity index (χ2v) is 6.22. The molecule has 0 N–H and O–H groups in total. The van der Waals surface area contributed by atoms with E-state index in [4.69, 9.17) is 4.42 Å². The summed E-state index contributed by atoms with van der Waals surface area (Å²) in [5, 5.41) is 0. The van der Waals surface area contributed by atoms with Gasteiger partial charge in [0.05, 0.1) is 12.1 Å². The van der Waals surface area contributed by atoms with E-state index in [0.717, 1.165) is 5.56 Å². The topological polar surface area (TPSA) is 46.3 Å². The first kappa shape index (κ1) is 18.6. The summed E-state index contributed by atoms with van der Waals surface area (Å²) >= 11 is 0. The molecule has 0 unspecified atom stereocenters. The van der Waals surface area contributed by atoms with Crippen molar-refractivity contribution in [3.8, 4) is 11.5 Å². The molecule has 1 heterocycles. The smallest absolute Gasteiger partial charge is 0.229 e. The predicted octanol–water partition coefficient (Wildman–Crippen LogP) is 4.55. The van der Waals surface area contributed by atoms with E-state index < -0.39 is 0 Å². The van der Waals surface area contributed by atoms with Crippen LogP contribution in [-0.4, -0.2) is 22.3 Å². The minimum absolute atomic E-state index is 0.0878. The highest BCUT2D eigenvalue weighted by atomic mass is 19.1. The second kappa shape index (κ2) is 8.45. The van der Waals surface area contributed by atoms with Crippen molar-refractivity contribution in [1.29, 1.82) is 0 Å². The fraction of sp³-hybridized carbons (Fsp3) is 0.182. The lowest BCUT2D eigenvalue weighted by atomic mass is 10.1. The number of amides is 1. The number of rotatable bonds is 7. The summed E-state index contributed by atoms with van der Waals surface area (Å²) in [4.78, 5) is 18.8. The number of hydrogen-bond acceptors (Lipinski definition) is 3. The summed E-state index contributed by atoms with van der Waals surface area (Å²) in [6.07, 6.45) is 1.72. The molecule has 5 heteroatoms. The number of hydrogen-bond donors (Lipinski definition) is 0. The number of oxazole rings is 1. The van der Waals surface area contributed by atoms with Gasteiger partial charge in [-0.1, -0.05) is 42.5 Å². The fourth-order valence-corrected chi connectivity index (χ4v) is 2.79. The lowest BCUT2D eigenvalue weighted by Gasteiger charge is -2.21. The molecule has 1 aromatic heterocycles. The van der Waals surface area contributed by atoms with E-state index in [0.29, 0.717) is 29.5 Å². The van der Waals surface area contributed by atoms with Gasteiger partial charge >= 0.3 is 0 Å². The van der Waals surface area contributed by atoms with Crippen LogP contribution in [0.5, 0.6) is 0 Å². The van der Waals surface area contributed by atoms with E-state index in [1.54, 1.807) is 36.1 Å². The van der Waals surface area contributed by atoms with E-state index >= 15 is 0 Å². The van der Waals surface area contributed by atoms with Gasteiger partial charge in [0.1, 0.15) is 11.6 Å². The SMILES string of the molecule is C=CCN(Cc1ccccc1F)C(=O)Cc1nc(-c2ccccc2)oc1C. The van der Waals surface area contributed by atoms with E-state index in [2.05, 4.69) is 11.6 Å². The van der Waals surface area contributed by atoms with Crippen LogP contribution in [0, 0.1) is 12.7 Å². The van der Waals surface area contributed by atoms with Crippen molar-refractivity contribution in [2.45, 2.75) is 19.9 Å². The number of carbonyl (C=O) groups excluding carboxylic acids is 1. The third-order valence-electron chi connectivity index (χ3n) is 4.25. The van der Waals surface area contributed by atoms with Crippen molar-refractivity contribution < 1.29 is 13.6 Å². The zero-order valence-corrected chi connectivity index (χ0v) is 15.2. The number of nitrogens with zero attached hydrogens (tertiary/aromatic N) is 2. The van der Waals surface area contributed by atoms with Crippen molar-refractivity contribution in [2.24, 2.45) is 0 Å². The Hall–Kier alpha value is -3.21. The van der Waals surface area contributed by atoms with E-state index in [1.165, 1.54) is 6.07 Å². The fourth-order valence-electron chi connectivity index (χ4n) is 2.79. The van der Waals surface area contributed by atoms with Crippen molar-refractivity contribution in [2.75, 3.05) is 6.54 Å². The minimum atomic E-state index is -0.330. The highest BCUT2D eigenvalue weighted by molar-refractivity contribution is 5.79. The molecule has 0 radical (unpaired) electrons. The maximum absolute atomic E-state index is 13.9. The quantitative estimate of drug-likeness (QED) is 0.578.